The van der Waals surface area contributed by atoms with Crippen molar-refractivity contribution in [2.24, 2.45) is 0 Å². The molecule has 1 aromatic rings. The Balaban J connectivity index is 2.56. The van der Waals surface area contributed by atoms with E-state index in [1.807, 2.05) is 0 Å². The monoisotopic (exact) mass is 274 g/mol. The lowest BCUT2D eigenvalue weighted by Gasteiger charge is -2.03. The molecular weight excluding hydrogens is 256 g/mol. The van der Waals surface area contributed by atoms with Gasteiger partial charge in [-0.25, -0.2) is 0 Å². The summed E-state index contributed by atoms with van der Waals surface area (Å²) in [5, 5.41) is 0. The molecule has 0 aliphatic carbocycles. The smallest absolute Gasteiger partial charge is 0.144 e. The van der Waals surface area contributed by atoms with Crippen molar-refractivity contribution < 1.29 is 19.2 Å². The zero-order valence-electron chi connectivity index (χ0n) is 11.8. The second-order valence-electron chi connectivity index (χ2n) is 5.00. The van der Waals surface area contributed by atoms with Crippen molar-refractivity contribution in [3.8, 4) is 0 Å². The number of Topliss-reactive ketones (excluding diaryl/α,β-unsaturated/α-hetero) is 4. The van der Waals surface area contributed by atoms with Gasteiger partial charge in [0.25, 0.3) is 0 Å². The van der Waals surface area contributed by atoms with Gasteiger partial charge in [0.15, 0.2) is 0 Å². The molecule has 0 amide bonds. The summed E-state index contributed by atoms with van der Waals surface area (Å²) in [5.74, 6) is -0.501. The van der Waals surface area contributed by atoms with E-state index in [9.17, 15) is 19.2 Å². The van der Waals surface area contributed by atoms with E-state index in [0.717, 1.165) is 11.1 Å². The van der Waals surface area contributed by atoms with Crippen molar-refractivity contribution >= 4 is 23.1 Å². The van der Waals surface area contributed by atoms with Crippen molar-refractivity contribution in [1.82, 2.24) is 0 Å². The lowest BCUT2D eigenvalue weighted by atomic mass is 10.0. The standard InChI is InChI=1S/C16H18O4/c1-11(17)7-15(19)9-13-3-5-14(6-4-13)10-16(20)8-12(2)18/h3-6H,7-10H2,1-2H3. The molecule has 0 saturated carbocycles. The lowest BCUT2D eigenvalue weighted by molar-refractivity contribution is -0.127. The molecule has 0 fully saturated rings. The Morgan fingerprint density at radius 1 is 0.700 bits per heavy atom. The van der Waals surface area contributed by atoms with Gasteiger partial charge in [0.2, 0.25) is 0 Å². The van der Waals surface area contributed by atoms with Gasteiger partial charge in [0, 0.05) is 12.8 Å². The average molecular weight is 274 g/mol. The van der Waals surface area contributed by atoms with Crippen LogP contribution in [0, 0.1) is 0 Å². The predicted molar refractivity (Wildman–Crippen MR) is 74.5 cm³/mol. The molecule has 0 aromatic heterocycles. The van der Waals surface area contributed by atoms with Crippen LogP contribution in [0.4, 0.5) is 0 Å². The minimum absolute atomic E-state index is 0.0428. The van der Waals surface area contributed by atoms with E-state index in [-0.39, 0.29) is 48.8 Å². The van der Waals surface area contributed by atoms with E-state index in [2.05, 4.69) is 0 Å². The van der Waals surface area contributed by atoms with Crippen molar-refractivity contribution in [1.29, 1.82) is 0 Å². The minimum Gasteiger partial charge on any atom is -0.300 e. The molecular formula is C16H18O4. The Hall–Kier alpha value is -2.10. The molecule has 20 heavy (non-hydrogen) atoms. The van der Waals surface area contributed by atoms with E-state index in [0.29, 0.717) is 0 Å². The molecule has 1 aromatic carbocycles. The van der Waals surface area contributed by atoms with Crippen LogP contribution in [0.1, 0.15) is 37.8 Å². The summed E-state index contributed by atoms with van der Waals surface area (Å²) in [6, 6.07) is 7.09. The first-order valence-corrected chi connectivity index (χ1v) is 6.47. The molecule has 0 spiro atoms. The summed E-state index contributed by atoms with van der Waals surface area (Å²) in [4.78, 5) is 44.6. The molecule has 0 aliphatic heterocycles. The number of hydrogen-bond acceptors (Lipinski definition) is 4. The number of benzene rings is 1. The van der Waals surface area contributed by atoms with Gasteiger partial charge >= 0.3 is 0 Å². The second-order valence-corrected chi connectivity index (χ2v) is 5.00. The van der Waals surface area contributed by atoms with Crippen LogP contribution in [0.2, 0.25) is 0 Å². The summed E-state index contributed by atoms with van der Waals surface area (Å²) < 4.78 is 0. The van der Waals surface area contributed by atoms with Crippen LogP contribution < -0.4 is 0 Å². The highest BCUT2D eigenvalue weighted by Crippen LogP contribution is 2.08. The molecule has 0 N–H and O–H groups in total. The van der Waals surface area contributed by atoms with Crippen molar-refractivity contribution in [2.45, 2.75) is 39.5 Å². The molecule has 4 heteroatoms. The summed E-state index contributed by atoms with van der Waals surface area (Å²) in [7, 11) is 0. The molecule has 4 nitrogen and oxygen atoms in total. The van der Waals surface area contributed by atoms with Gasteiger partial charge in [0.1, 0.15) is 23.1 Å². The van der Waals surface area contributed by atoms with Gasteiger partial charge in [-0.1, -0.05) is 24.3 Å². The maximum atomic E-state index is 11.5. The highest BCUT2D eigenvalue weighted by Gasteiger charge is 2.09. The van der Waals surface area contributed by atoms with E-state index < -0.39 is 0 Å². The van der Waals surface area contributed by atoms with Crippen LogP contribution in [0.15, 0.2) is 24.3 Å². The summed E-state index contributed by atoms with van der Waals surface area (Å²) in [5.41, 5.74) is 1.64. The third kappa shape index (κ3) is 6.18. The summed E-state index contributed by atoms with van der Waals surface area (Å²) in [6.07, 6.45) is 0.361. The van der Waals surface area contributed by atoms with Crippen LogP contribution in [-0.4, -0.2) is 23.1 Å². The van der Waals surface area contributed by atoms with E-state index in [4.69, 9.17) is 0 Å². The van der Waals surface area contributed by atoms with Crippen molar-refractivity contribution in [3.05, 3.63) is 35.4 Å². The van der Waals surface area contributed by atoms with Crippen LogP contribution in [0.25, 0.3) is 0 Å². The topological polar surface area (TPSA) is 68.3 Å². The normalized spacial score (nSPS) is 10.1. The first-order valence-electron chi connectivity index (χ1n) is 6.47. The zero-order chi connectivity index (χ0) is 15.1. The maximum absolute atomic E-state index is 11.5. The van der Waals surface area contributed by atoms with E-state index >= 15 is 0 Å². The fraction of sp³-hybridized carbons (Fsp3) is 0.375. The summed E-state index contributed by atoms with van der Waals surface area (Å²) >= 11 is 0. The first kappa shape index (κ1) is 16.0. The van der Waals surface area contributed by atoms with E-state index in [1.165, 1.54) is 13.8 Å². The molecule has 0 atom stereocenters. The molecule has 1 rings (SSSR count). The van der Waals surface area contributed by atoms with Gasteiger partial charge in [0.05, 0.1) is 12.8 Å². The molecule has 0 aliphatic rings. The Bertz CT molecular complexity index is 477. The zero-order valence-corrected chi connectivity index (χ0v) is 11.8. The largest absolute Gasteiger partial charge is 0.300 e. The van der Waals surface area contributed by atoms with Gasteiger partial charge in [-0.2, -0.15) is 0 Å². The summed E-state index contributed by atoms with van der Waals surface area (Å²) in [6.45, 7) is 2.78. The Kier molecular flexibility index (Phi) is 5.97. The minimum atomic E-state index is -0.138. The fourth-order valence-corrected chi connectivity index (χ4v) is 1.91. The molecule has 0 bridgehead atoms. The Morgan fingerprint density at radius 2 is 1.00 bits per heavy atom. The van der Waals surface area contributed by atoms with Crippen LogP contribution in [0.5, 0.6) is 0 Å². The first-order chi connectivity index (χ1) is 9.36. The quantitative estimate of drug-likeness (QED) is 0.679. The molecule has 0 heterocycles. The SMILES string of the molecule is CC(=O)CC(=O)Cc1ccc(CC(=O)CC(C)=O)cc1. The molecule has 0 saturated heterocycles. The predicted octanol–water partition coefficient (Wildman–Crippen LogP) is 1.87. The van der Waals surface area contributed by atoms with E-state index in [1.54, 1.807) is 24.3 Å². The number of rotatable bonds is 8. The van der Waals surface area contributed by atoms with Gasteiger partial charge in [-0.05, 0) is 25.0 Å². The van der Waals surface area contributed by atoms with Crippen LogP contribution in [-0.2, 0) is 32.0 Å². The Labute approximate surface area is 118 Å². The van der Waals surface area contributed by atoms with Gasteiger partial charge in [-0.15, -0.1) is 0 Å². The number of ketones is 4. The average Bonchev–Trinajstić information content (AvgIpc) is 2.29. The third-order valence-corrected chi connectivity index (χ3v) is 2.72. The number of hydrogen-bond donors (Lipinski definition) is 0. The number of carbonyl (C=O) groups is 4. The van der Waals surface area contributed by atoms with Gasteiger partial charge in [-0.3, -0.25) is 19.2 Å². The highest BCUT2D eigenvalue weighted by molar-refractivity contribution is 5.99. The maximum Gasteiger partial charge on any atom is 0.144 e. The van der Waals surface area contributed by atoms with Gasteiger partial charge < -0.3 is 0 Å². The number of carbonyl (C=O) groups excluding carboxylic acids is 4. The molecule has 0 unspecified atom stereocenters. The Morgan fingerprint density at radius 3 is 1.25 bits per heavy atom. The highest BCUT2D eigenvalue weighted by atomic mass is 16.2. The second kappa shape index (κ2) is 7.48. The lowest BCUT2D eigenvalue weighted by Crippen LogP contribution is -2.09. The van der Waals surface area contributed by atoms with Crippen LogP contribution >= 0.6 is 0 Å². The van der Waals surface area contributed by atoms with Crippen molar-refractivity contribution in [2.75, 3.05) is 0 Å². The van der Waals surface area contributed by atoms with Crippen LogP contribution in [0.3, 0.4) is 0 Å². The molecule has 0 radical (unpaired) electrons. The molecule has 106 valence electrons. The fourth-order valence-electron chi connectivity index (χ4n) is 1.91. The third-order valence-electron chi connectivity index (χ3n) is 2.72. The van der Waals surface area contributed by atoms with Crippen molar-refractivity contribution in [3.63, 3.8) is 0 Å².